The SMILES string of the molecule is CCc1cc(C(=O)C(C)Br)cc([N+](=O)[O-])c1. The van der Waals surface area contributed by atoms with E-state index in [1.165, 1.54) is 12.1 Å². The van der Waals surface area contributed by atoms with Gasteiger partial charge in [0.1, 0.15) is 0 Å². The molecular weight excluding hydrogens is 274 g/mol. The molecule has 0 aliphatic carbocycles. The molecule has 0 aromatic heterocycles. The van der Waals surface area contributed by atoms with Crippen LogP contribution in [0.15, 0.2) is 18.2 Å². The fourth-order valence-electron chi connectivity index (χ4n) is 1.36. The Balaban J connectivity index is 3.24. The van der Waals surface area contributed by atoms with Gasteiger partial charge in [0.2, 0.25) is 0 Å². The van der Waals surface area contributed by atoms with Gasteiger partial charge < -0.3 is 0 Å². The van der Waals surface area contributed by atoms with Crippen LogP contribution in [0.25, 0.3) is 0 Å². The number of rotatable bonds is 4. The van der Waals surface area contributed by atoms with Gasteiger partial charge >= 0.3 is 0 Å². The minimum Gasteiger partial charge on any atom is -0.293 e. The lowest BCUT2D eigenvalue weighted by atomic mass is 10.0. The summed E-state index contributed by atoms with van der Waals surface area (Å²) in [6.45, 7) is 3.59. The van der Waals surface area contributed by atoms with Crippen molar-refractivity contribution in [3.8, 4) is 0 Å². The standard InChI is InChI=1S/C11H12BrNO3/c1-3-8-4-9(11(14)7(2)12)6-10(5-8)13(15)16/h4-7H,3H2,1-2H3. The summed E-state index contributed by atoms with van der Waals surface area (Å²) in [5, 5.41) is 10.7. The third kappa shape index (κ3) is 2.88. The summed E-state index contributed by atoms with van der Waals surface area (Å²) in [5.74, 6) is -0.140. The number of nitro groups is 1. The molecule has 0 heterocycles. The maximum absolute atomic E-state index is 11.7. The van der Waals surface area contributed by atoms with Crippen LogP contribution < -0.4 is 0 Å². The molecule has 1 rings (SSSR count). The van der Waals surface area contributed by atoms with Crippen LogP contribution in [-0.4, -0.2) is 15.5 Å². The second-order valence-electron chi connectivity index (χ2n) is 3.48. The van der Waals surface area contributed by atoms with Gasteiger partial charge in [-0.25, -0.2) is 0 Å². The summed E-state index contributed by atoms with van der Waals surface area (Å²) < 4.78 is 0. The average Bonchev–Trinajstić information content (AvgIpc) is 2.27. The van der Waals surface area contributed by atoms with E-state index < -0.39 is 4.92 Å². The Kier molecular flexibility index (Phi) is 4.18. The lowest BCUT2D eigenvalue weighted by molar-refractivity contribution is -0.384. The summed E-state index contributed by atoms with van der Waals surface area (Å²) in [4.78, 5) is 21.6. The van der Waals surface area contributed by atoms with Gasteiger partial charge in [-0.1, -0.05) is 22.9 Å². The summed E-state index contributed by atoms with van der Waals surface area (Å²) in [5.41, 5.74) is 1.15. The van der Waals surface area contributed by atoms with Gasteiger partial charge in [-0.05, 0) is 25.0 Å². The Bertz CT molecular complexity index is 429. The number of benzene rings is 1. The van der Waals surface area contributed by atoms with E-state index in [1.54, 1.807) is 13.0 Å². The highest BCUT2D eigenvalue weighted by atomic mass is 79.9. The minimum atomic E-state index is -0.477. The summed E-state index contributed by atoms with van der Waals surface area (Å²) >= 11 is 3.17. The van der Waals surface area contributed by atoms with E-state index in [9.17, 15) is 14.9 Å². The zero-order valence-corrected chi connectivity index (χ0v) is 10.7. The van der Waals surface area contributed by atoms with Crippen molar-refractivity contribution in [3.63, 3.8) is 0 Å². The molecule has 0 fully saturated rings. The second kappa shape index (κ2) is 5.21. The number of aryl methyl sites for hydroxylation is 1. The fourth-order valence-corrected chi connectivity index (χ4v) is 1.62. The number of nitro benzene ring substituents is 1. The molecule has 1 atom stereocenters. The highest BCUT2D eigenvalue weighted by Crippen LogP contribution is 2.20. The lowest BCUT2D eigenvalue weighted by Gasteiger charge is -2.05. The highest BCUT2D eigenvalue weighted by molar-refractivity contribution is 9.10. The topological polar surface area (TPSA) is 60.2 Å². The van der Waals surface area contributed by atoms with Gasteiger partial charge in [-0.15, -0.1) is 0 Å². The van der Waals surface area contributed by atoms with E-state index >= 15 is 0 Å². The largest absolute Gasteiger partial charge is 0.293 e. The van der Waals surface area contributed by atoms with Crippen LogP contribution in [0.2, 0.25) is 0 Å². The molecule has 0 aliphatic rings. The Morgan fingerprint density at radius 1 is 1.50 bits per heavy atom. The Morgan fingerprint density at radius 2 is 2.12 bits per heavy atom. The number of non-ortho nitro benzene ring substituents is 1. The fraction of sp³-hybridized carbons (Fsp3) is 0.364. The molecule has 0 spiro atoms. The van der Waals surface area contributed by atoms with Crippen LogP contribution in [0, 0.1) is 10.1 Å². The van der Waals surface area contributed by atoms with Crippen LogP contribution in [0.4, 0.5) is 5.69 Å². The number of ketones is 1. The normalized spacial score (nSPS) is 12.2. The Labute approximate surface area is 102 Å². The number of Topliss-reactive ketones (excluding diaryl/α,β-unsaturated/α-hetero) is 1. The van der Waals surface area contributed by atoms with Gasteiger partial charge in [-0.3, -0.25) is 14.9 Å². The quantitative estimate of drug-likeness (QED) is 0.370. The van der Waals surface area contributed by atoms with Crippen LogP contribution in [-0.2, 0) is 6.42 Å². The number of hydrogen-bond acceptors (Lipinski definition) is 3. The molecule has 0 amide bonds. The number of carbonyl (C=O) groups excluding carboxylic acids is 1. The zero-order valence-electron chi connectivity index (χ0n) is 9.07. The van der Waals surface area contributed by atoms with Crippen LogP contribution in [0.5, 0.6) is 0 Å². The number of alkyl halides is 1. The number of halogens is 1. The first-order chi connectivity index (χ1) is 7.45. The molecule has 5 heteroatoms. The van der Waals surface area contributed by atoms with E-state index in [0.717, 1.165) is 5.56 Å². The molecule has 16 heavy (non-hydrogen) atoms. The molecule has 0 saturated heterocycles. The molecule has 1 aromatic rings. The molecule has 0 N–H and O–H groups in total. The summed E-state index contributed by atoms with van der Waals surface area (Å²) in [6.07, 6.45) is 0.665. The van der Waals surface area contributed by atoms with Crippen molar-refractivity contribution in [1.82, 2.24) is 0 Å². The minimum absolute atomic E-state index is 0.0316. The second-order valence-corrected chi connectivity index (χ2v) is 4.85. The molecule has 1 unspecified atom stereocenters. The number of carbonyl (C=O) groups is 1. The third-order valence-corrected chi connectivity index (χ3v) is 2.66. The first-order valence-electron chi connectivity index (χ1n) is 4.92. The Hall–Kier alpha value is -1.23. The van der Waals surface area contributed by atoms with Crippen molar-refractivity contribution in [2.45, 2.75) is 25.1 Å². The van der Waals surface area contributed by atoms with E-state index in [2.05, 4.69) is 15.9 Å². The van der Waals surface area contributed by atoms with E-state index in [0.29, 0.717) is 12.0 Å². The van der Waals surface area contributed by atoms with Crippen molar-refractivity contribution in [1.29, 1.82) is 0 Å². The molecule has 0 aliphatic heterocycles. The van der Waals surface area contributed by atoms with Gasteiger partial charge in [0.25, 0.3) is 5.69 Å². The van der Waals surface area contributed by atoms with Crippen molar-refractivity contribution in [2.75, 3.05) is 0 Å². The Morgan fingerprint density at radius 3 is 2.56 bits per heavy atom. The molecule has 0 saturated carbocycles. The predicted octanol–water partition coefficient (Wildman–Crippen LogP) is 3.12. The van der Waals surface area contributed by atoms with E-state index in [1.807, 2.05) is 6.92 Å². The molecule has 1 aromatic carbocycles. The third-order valence-electron chi connectivity index (χ3n) is 2.24. The van der Waals surface area contributed by atoms with Crippen LogP contribution in [0.3, 0.4) is 0 Å². The van der Waals surface area contributed by atoms with Crippen molar-refractivity contribution < 1.29 is 9.72 Å². The molecule has 0 radical (unpaired) electrons. The van der Waals surface area contributed by atoms with E-state index in [-0.39, 0.29) is 16.3 Å². The monoisotopic (exact) mass is 285 g/mol. The number of nitrogens with zero attached hydrogens (tertiary/aromatic N) is 1. The lowest BCUT2D eigenvalue weighted by Crippen LogP contribution is -2.10. The van der Waals surface area contributed by atoms with Crippen LogP contribution in [0.1, 0.15) is 29.8 Å². The van der Waals surface area contributed by atoms with Crippen molar-refractivity contribution in [3.05, 3.63) is 39.4 Å². The van der Waals surface area contributed by atoms with Crippen molar-refractivity contribution in [2.24, 2.45) is 0 Å². The highest BCUT2D eigenvalue weighted by Gasteiger charge is 2.16. The van der Waals surface area contributed by atoms with E-state index in [4.69, 9.17) is 0 Å². The van der Waals surface area contributed by atoms with Gasteiger partial charge in [0, 0.05) is 17.7 Å². The smallest absolute Gasteiger partial charge is 0.270 e. The van der Waals surface area contributed by atoms with Crippen LogP contribution >= 0.6 is 15.9 Å². The first-order valence-corrected chi connectivity index (χ1v) is 5.84. The van der Waals surface area contributed by atoms with Gasteiger partial charge in [-0.2, -0.15) is 0 Å². The first kappa shape index (κ1) is 12.8. The molecule has 86 valence electrons. The van der Waals surface area contributed by atoms with Crippen molar-refractivity contribution >= 4 is 27.4 Å². The summed E-state index contributed by atoms with van der Waals surface area (Å²) in [6, 6.07) is 4.52. The maximum Gasteiger partial charge on any atom is 0.270 e. The zero-order chi connectivity index (χ0) is 12.3. The number of hydrogen-bond donors (Lipinski definition) is 0. The summed E-state index contributed by atoms with van der Waals surface area (Å²) in [7, 11) is 0. The molecule has 4 nitrogen and oxygen atoms in total. The predicted molar refractivity (Wildman–Crippen MR) is 65.2 cm³/mol. The van der Waals surface area contributed by atoms with Gasteiger partial charge in [0.05, 0.1) is 9.75 Å². The maximum atomic E-state index is 11.7. The average molecular weight is 286 g/mol. The molecular formula is C11H12BrNO3. The van der Waals surface area contributed by atoms with Gasteiger partial charge in [0.15, 0.2) is 5.78 Å². The molecule has 0 bridgehead atoms.